The third kappa shape index (κ3) is 3.49. The maximum Gasteiger partial charge on any atom is 0.398 e. The Bertz CT molecular complexity index is 523. The highest BCUT2D eigenvalue weighted by Gasteiger charge is 2.58. The fourth-order valence-electron chi connectivity index (χ4n) is 2.76. The molecule has 0 saturated heterocycles. The number of rotatable bonds is 4. The summed E-state index contributed by atoms with van der Waals surface area (Å²) in [5.41, 5.74) is 0. The van der Waals surface area contributed by atoms with Crippen LogP contribution in [0, 0.1) is 16.0 Å². The van der Waals surface area contributed by atoms with Gasteiger partial charge in [-0.2, -0.15) is 13.2 Å². The standard InChI is InChI=1S/C14H16F3NO4/c1-21-13(22-10-5-3-2-4-6-10)8-7-11(14(15,16)17)12(9-13)18(19)20/h2-6,11-12H,7-9H2,1H3/t11-,12-,13-/m1/s1. The molecule has 1 aliphatic carbocycles. The van der Waals surface area contributed by atoms with Gasteiger partial charge >= 0.3 is 6.18 Å². The van der Waals surface area contributed by atoms with Gasteiger partial charge in [0.15, 0.2) is 0 Å². The first-order valence-electron chi connectivity index (χ1n) is 6.77. The molecule has 1 fully saturated rings. The van der Waals surface area contributed by atoms with Crippen LogP contribution in [-0.2, 0) is 4.74 Å². The first-order valence-corrected chi connectivity index (χ1v) is 6.77. The highest BCUT2D eigenvalue weighted by molar-refractivity contribution is 5.22. The largest absolute Gasteiger partial charge is 0.462 e. The van der Waals surface area contributed by atoms with E-state index in [9.17, 15) is 23.3 Å². The first kappa shape index (κ1) is 16.5. The summed E-state index contributed by atoms with van der Waals surface area (Å²) in [5.74, 6) is -3.00. The molecule has 0 unspecified atom stereocenters. The SMILES string of the molecule is CO[C@@]1(Oc2ccccc2)CC[C@@H](C(F)(F)F)[C@H]([N+](=O)[O-])C1. The molecule has 0 N–H and O–H groups in total. The molecule has 0 spiro atoms. The quantitative estimate of drug-likeness (QED) is 0.485. The number of hydrogen-bond acceptors (Lipinski definition) is 4. The van der Waals surface area contributed by atoms with E-state index in [1.807, 2.05) is 0 Å². The Kier molecular flexibility index (Phi) is 4.60. The highest BCUT2D eigenvalue weighted by Crippen LogP contribution is 2.44. The van der Waals surface area contributed by atoms with Crippen molar-refractivity contribution in [2.75, 3.05) is 7.11 Å². The van der Waals surface area contributed by atoms with Crippen LogP contribution in [0.1, 0.15) is 19.3 Å². The molecule has 8 heteroatoms. The summed E-state index contributed by atoms with van der Waals surface area (Å²) in [4.78, 5) is 10.2. The third-order valence-corrected chi connectivity index (χ3v) is 3.93. The minimum atomic E-state index is -4.61. The molecule has 122 valence electrons. The van der Waals surface area contributed by atoms with E-state index >= 15 is 0 Å². The molecule has 0 amide bonds. The monoisotopic (exact) mass is 319 g/mol. The van der Waals surface area contributed by atoms with Gasteiger partial charge in [0.05, 0.1) is 6.42 Å². The van der Waals surface area contributed by atoms with Gasteiger partial charge in [-0.3, -0.25) is 10.1 Å². The fourth-order valence-corrected chi connectivity index (χ4v) is 2.76. The average Bonchev–Trinajstić information content (AvgIpc) is 2.47. The summed E-state index contributed by atoms with van der Waals surface area (Å²) >= 11 is 0. The van der Waals surface area contributed by atoms with Crippen molar-refractivity contribution in [2.45, 2.75) is 37.3 Å². The van der Waals surface area contributed by atoms with E-state index in [0.29, 0.717) is 5.75 Å². The number of nitro groups is 1. The van der Waals surface area contributed by atoms with Gasteiger partial charge in [0.2, 0.25) is 11.8 Å². The summed E-state index contributed by atoms with van der Waals surface area (Å²) in [6, 6.07) is 6.62. The average molecular weight is 319 g/mol. The van der Waals surface area contributed by atoms with Crippen LogP contribution in [-0.4, -0.2) is 30.0 Å². The molecule has 1 saturated carbocycles. The molecule has 5 nitrogen and oxygen atoms in total. The van der Waals surface area contributed by atoms with E-state index in [1.54, 1.807) is 30.3 Å². The van der Waals surface area contributed by atoms with Crippen molar-refractivity contribution >= 4 is 0 Å². The second-order valence-electron chi connectivity index (χ2n) is 5.27. The Balaban J connectivity index is 2.23. The van der Waals surface area contributed by atoms with E-state index in [4.69, 9.17) is 9.47 Å². The Morgan fingerprint density at radius 2 is 1.95 bits per heavy atom. The van der Waals surface area contributed by atoms with Gasteiger partial charge < -0.3 is 9.47 Å². The lowest BCUT2D eigenvalue weighted by Crippen LogP contribution is -2.53. The topological polar surface area (TPSA) is 61.6 Å². The van der Waals surface area contributed by atoms with Crippen molar-refractivity contribution in [3.63, 3.8) is 0 Å². The van der Waals surface area contributed by atoms with Crippen molar-refractivity contribution in [1.29, 1.82) is 0 Å². The molecule has 22 heavy (non-hydrogen) atoms. The normalized spacial score (nSPS) is 29.1. The number of methoxy groups -OCH3 is 1. The maximum atomic E-state index is 12.9. The number of halogens is 3. The lowest BCUT2D eigenvalue weighted by molar-refractivity contribution is -0.553. The molecule has 3 atom stereocenters. The second kappa shape index (κ2) is 6.12. The van der Waals surface area contributed by atoms with Gasteiger partial charge in [0.25, 0.3) is 0 Å². The summed E-state index contributed by atoms with van der Waals surface area (Å²) in [6.45, 7) is 0. The smallest absolute Gasteiger partial charge is 0.398 e. The van der Waals surface area contributed by atoms with E-state index in [-0.39, 0.29) is 6.42 Å². The molecule has 0 bridgehead atoms. The van der Waals surface area contributed by atoms with Crippen LogP contribution >= 0.6 is 0 Å². The minimum Gasteiger partial charge on any atom is -0.462 e. The molecule has 0 aliphatic heterocycles. The Morgan fingerprint density at radius 1 is 1.32 bits per heavy atom. The maximum absolute atomic E-state index is 12.9. The van der Waals surface area contributed by atoms with Gasteiger partial charge in [-0.15, -0.1) is 0 Å². The van der Waals surface area contributed by atoms with Gasteiger partial charge in [-0.05, 0) is 18.6 Å². The predicted molar refractivity (Wildman–Crippen MR) is 71.0 cm³/mol. The summed E-state index contributed by atoms with van der Waals surface area (Å²) < 4.78 is 49.7. The number of ether oxygens (including phenoxy) is 2. The second-order valence-corrected chi connectivity index (χ2v) is 5.27. The van der Waals surface area contributed by atoms with Crippen LogP contribution < -0.4 is 4.74 Å². The van der Waals surface area contributed by atoms with E-state index in [2.05, 4.69) is 0 Å². The minimum absolute atomic E-state index is 0.0626. The summed E-state index contributed by atoms with van der Waals surface area (Å²) in [6.07, 6.45) is -5.53. The van der Waals surface area contributed by atoms with Crippen LogP contribution in [0.3, 0.4) is 0 Å². The zero-order valence-electron chi connectivity index (χ0n) is 11.9. The lowest BCUT2D eigenvalue weighted by atomic mass is 9.80. The number of para-hydroxylation sites is 1. The van der Waals surface area contributed by atoms with E-state index < -0.39 is 41.7 Å². The Morgan fingerprint density at radius 3 is 2.45 bits per heavy atom. The molecule has 1 aromatic carbocycles. The van der Waals surface area contributed by atoms with Crippen LogP contribution in [0.25, 0.3) is 0 Å². The van der Waals surface area contributed by atoms with Gasteiger partial charge in [0.1, 0.15) is 11.7 Å². The van der Waals surface area contributed by atoms with Gasteiger partial charge in [-0.1, -0.05) is 18.2 Å². The molecule has 0 heterocycles. The number of benzene rings is 1. The Labute approximate surface area is 125 Å². The molecule has 0 aromatic heterocycles. The first-order chi connectivity index (χ1) is 10.3. The lowest BCUT2D eigenvalue weighted by Gasteiger charge is -2.40. The van der Waals surface area contributed by atoms with Gasteiger partial charge in [-0.25, -0.2) is 0 Å². The molecule has 0 radical (unpaired) electrons. The van der Waals surface area contributed by atoms with Crippen LogP contribution in [0.4, 0.5) is 13.2 Å². The number of alkyl halides is 3. The van der Waals surface area contributed by atoms with Crippen molar-refractivity contribution in [2.24, 2.45) is 5.92 Å². The summed E-state index contributed by atoms with van der Waals surface area (Å²) in [5, 5.41) is 11.1. The summed E-state index contributed by atoms with van der Waals surface area (Å²) in [7, 11) is 1.29. The molecule has 1 aliphatic rings. The van der Waals surface area contributed by atoms with Crippen molar-refractivity contribution in [3.8, 4) is 5.75 Å². The number of hydrogen-bond donors (Lipinski definition) is 0. The van der Waals surface area contributed by atoms with Crippen molar-refractivity contribution in [3.05, 3.63) is 40.4 Å². The molecule has 1 aromatic rings. The predicted octanol–water partition coefficient (Wildman–Crippen LogP) is 3.42. The fraction of sp³-hybridized carbons (Fsp3) is 0.571. The van der Waals surface area contributed by atoms with E-state index in [1.165, 1.54) is 7.11 Å². The molecular weight excluding hydrogens is 303 g/mol. The van der Waals surface area contributed by atoms with Crippen LogP contribution in [0.2, 0.25) is 0 Å². The van der Waals surface area contributed by atoms with Gasteiger partial charge in [0, 0.05) is 18.5 Å². The van der Waals surface area contributed by atoms with Crippen molar-refractivity contribution < 1.29 is 27.6 Å². The van der Waals surface area contributed by atoms with Crippen LogP contribution in [0.15, 0.2) is 30.3 Å². The highest BCUT2D eigenvalue weighted by atomic mass is 19.4. The van der Waals surface area contributed by atoms with Crippen LogP contribution in [0.5, 0.6) is 5.75 Å². The Hall–Kier alpha value is -1.83. The van der Waals surface area contributed by atoms with Crippen molar-refractivity contribution in [1.82, 2.24) is 0 Å². The third-order valence-electron chi connectivity index (χ3n) is 3.93. The van der Waals surface area contributed by atoms with E-state index in [0.717, 1.165) is 0 Å². The molecular formula is C14H16F3NO4. The number of nitrogens with zero attached hydrogens (tertiary/aromatic N) is 1. The zero-order valence-corrected chi connectivity index (χ0v) is 11.9. The molecule has 2 rings (SSSR count). The zero-order chi connectivity index (χ0) is 16.4.